The molecule has 20 heavy (non-hydrogen) atoms. The summed E-state index contributed by atoms with van der Waals surface area (Å²) in [5.41, 5.74) is 2.66. The third-order valence-electron chi connectivity index (χ3n) is 3.76. The second-order valence-corrected chi connectivity index (χ2v) is 5.65. The van der Waals surface area contributed by atoms with E-state index in [9.17, 15) is 5.11 Å². The Labute approximate surface area is 125 Å². The van der Waals surface area contributed by atoms with Crippen molar-refractivity contribution in [2.24, 2.45) is 0 Å². The van der Waals surface area contributed by atoms with Gasteiger partial charge in [0.2, 0.25) is 0 Å². The van der Waals surface area contributed by atoms with E-state index in [-0.39, 0.29) is 0 Å². The maximum atomic E-state index is 11.0. The van der Waals surface area contributed by atoms with Crippen LogP contribution in [-0.4, -0.2) is 12.2 Å². The maximum absolute atomic E-state index is 11.0. The van der Waals surface area contributed by atoms with Crippen LogP contribution in [-0.2, 0) is 5.60 Å². The molecule has 2 aromatic carbocycles. The molecule has 2 nitrogen and oxygen atoms in total. The summed E-state index contributed by atoms with van der Waals surface area (Å²) in [7, 11) is 1.59. The Bertz CT molecular complexity index is 633. The fraction of sp³-hybridized carbons (Fsp3) is 0.294. The quantitative estimate of drug-likeness (QED) is 0.917. The number of hydrogen-bond donors (Lipinski definition) is 1. The van der Waals surface area contributed by atoms with Crippen molar-refractivity contribution in [3.63, 3.8) is 0 Å². The SMILES string of the molecule is COc1ccc(Cl)cc1C(C)(O)c1ccc(C)c(C)c1. The van der Waals surface area contributed by atoms with Crippen molar-refractivity contribution in [3.8, 4) is 5.75 Å². The van der Waals surface area contributed by atoms with E-state index in [0.717, 1.165) is 11.1 Å². The Kier molecular flexibility index (Phi) is 4.07. The fourth-order valence-corrected chi connectivity index (χ4v) is 2.43. The lowest BCUT2D eigenvalue weighted by Gasteiger charge is -2.27. The number of rotatable bonds is 3. The monoisotopic (exact) mass is 290 g/mol. The Balaban J connectivity index is 2.59. The Hall–Kier alpha value is -1.51. The molecule has 0 aliphatic rings. The highest BCUT2D eigenvalue weighted by atomic mass is 35.5. The highest BCUT2D eigenvalue weighted by Gasteiger charge is 2.29. The molecule has 1 unspecified atom stereocenters. The molecule has 0 radical (unpaired) electrons. The van der Waals surface area contributed by atoms with Gasteiger partial charge in [0.1, 0.15) is 11.4 Å². The smallest absolute Gasteiger partial charge is 0.125 e. The maximum Gasteiger partial charge on any atom is 0.125 e. The largest absolute Gasteiger partial charge is 0.496 e. The molecular weight excluding hydrogens is 272 g/mol. The predicted octanol–water partition coefficient (Wildman–Crippen LogP) is 4.22. The summed E-state index contributed by atoms with van der Waals surface area (Å²) >= 11 is 6.06. The topological polar surface area (TPSA) is 29.5 Å². The zero-order valence-electron chi connectivity index (χ0n) is 12.2. The van der Waals surface area contributed by atoms with Crippen molar-refractivity contribution >= 4 is 11.6 Å². The van der Waals surface area contributed by atoms with Crippen molar-refractivity contribution in [2.75, 3.05) is 7.11 Å². The number of ether oxygens (including phenoxy) is 1. The summed E-state index contributed by atoms with van der Waals surface area (Å²) in [4.78, 5) is 0. The molecule has 0 aromatic heterocycles. The van der Waals surface area contributed by atoms with Crippen molar-refractivity contribution < 1.29 is 9.84 Å². The van der Waals surface area contributed by atoms with Gasteiger partial charge in [-0.2, -0.15) is 0 Å². The molecule has 0 saturated carbocycles. The molecule has 0 spiro atoms. The van der Waals surface area contributed by atoms with Crippen LogP contribution in [0.1, 0.15) is 29.2 Å². The molecule has 0 aliphatic carbocycles. The number of halogens is 1. The van der Waals surface area contributed by atoms with Crippen molar-refractivity contribution in [1.82, 2.24) is 0 Å². The van der Waals surface area contributed by atoms with Crippen LogP contribution in [0.25, 0.3) is 0 Å². The van der Waals surface area contributed by atoms with Gasteiger partial charge in [-0.1, -0.05) is 29.8 Å². The molecule has 0 amide bonds. The molecule has 0 heterocycles. The second kappa shape index (κ2) is 5.47. The Morgan fingerprint density at radius 2 is 1.75 bits per heavy atom. The first-order chi connectivity index (χ1) is 9.36. The molecule has 2 aromatic rings. The van der Waals surface area contributed by atoms with Gasteiger partial charge >= 0.3 is 0 Å². The summed E-state index contributed by atoms with van der Waals surface area (Å²) in [5.74, 6) is 0.623. The normalized spacial score (nSPS) is 13.9. The van der Waals surface area contributed by atoms with Gasteiger partial charge in [-0.3, -0.25) is 0 Å². The van der Waals surface area contributed by atoms with Gasteiger partial charge in [0, 0.05) is 10.6 Å². The summed E-state index contributed by atoms with van der Waals surface area (Å²) in [6.45, 7) is 5.84. The van der Waals surface area contributed by atoms with E-state index in [0.29, 0.717) is 16.3 Å². The third kappa shape index (κ3) is 2.67. The van der Waals surface area contributed by atoms with Gasteiger partial charge in [0.25, 0.3) is 0 Å². The summed E-state index contributed by atoms with van der Waals surface area (Å²) in [6.07, 6.45) is 0. The zero-order valence-corrected chi connectivity index (χ0v) is 13.0. The lowest BCUT2D eigenvalue weighted by Crippen LogP contribution is -2.23. The van der Waals surface area contributed by atoms with Gasteiger partial charge in [-0.05, 0) is 55.7 Å². The Morgan fingerprint density at radius 1 is 1.05 bits per heavy atom. The molecule has 1 atom stereocenters. The van der Waals surface area contributed by atoms with E-state index in [1.54, 1.807) is 32.2 Å². The van der Waals surface area contributed by atoms with Crippen LogP contribution >= 0.6 is 11.6 Å². The molecule has 106 valence electrons. The first kappa shape index (κ1) is 14.9. The van der Waals surface area contributed by atoms with Crippen LogP contribution in [0.2, 0.25) is 5.02 Å². The van der Waals surface area contributed by atoms with E-state index >= 15 is 0 Å². The molecule has 3 heteroatoms. The van der Waals surface area contributed by atoms with Crippen molar-refractivity contribution in [2.45, 2.75) is 26.4 Å². The van der Waals surface area contributed by atoms with Gasteiger partial charge in [-0.15, -0.1) is 0 Å². The number of aliphatic hydroxyl groups is 1. The third-order valence-corrected chi connectivity index (χ3v) is 3.99. The lowest BCUT2D eigenvalue weighted by molar-refractivity contribution is 0.0989. The second-order valence-electron chi connectivity index (χ2n) is 5.22. The van der Waals surface area contributed by atoms with Crippen LogP contribution in [0.4, 0.5) is 0 Å². The lowest BCUT2D eigenvalue weighted by atomic mass is 9.86. The van der Waals surface area contributed by atoms with Crippen LogP contribution in [0.3, 0.4) is 0 Å². The highest BCUT2D eigenvalue weighted by Crippen LogP contribution is 2.37. The summed E-state index contributed by atoms with van der Waals surface area (Å²) < 4.78 is 5.34. The molecule has 1 N–H and O–H groups in total. The molecule has 0 aliphatic heterocycles. The minimum absolute atomic E-state index is 0.574. The molecule has 2 rings (SSSR count). The number of hydrogen-bond acceptors (Lipinski definition) is 2. The van der Waals surface area contributed by atoms with Gasteiger partial charge in [-0.25, -0.2) is 0 Å². The first-order valence-electron chi connectivity index (χ1n) is 6.50. The van der Waals surface area contributed by atoms with Crippen LogP contribution < -0.4 is 4.74 Å². The minimum atomic E-state index is -1.16. The van der Waals surface area contributed by atoms with E-state index < -0.39 is 5.60 Å². The average molecular weight is 291 g/mol. The molecule has 0 fully saturated rings. The molecule has 0 bridgehead atoms. The van der Waals surface area contributed by atoms with Crippen LogP contribution in [0, 0.1) is 13.8 Å². The standard InChI is InChI=1S/C17H19ClO2/c1-11-5-6-13(9-12(11)2)17(3,19)15-10-14(18)7-8-16(15)20-4/h5-10,19H,1-4H3. The Morgan fingerprint density at radius 3 is 2.35 bits per heavy atom. The highest BCUT2D eigenvalue weighted by molar-refractivity contribution is 6.30. The minimum Gasteiger partial charge on any atom is -0.496 e. The average Bonchev–Trinajstić information content (AvgIpc) is 2.41. The summed E-state index contributed by atoms with van der Waals surface area (Å²) in [6, 6.07) is 11.2. The van der Waals surface area contributed by atoms with Gasteiger partial charge < -0.3 is 9.84 Å². The van der Waals surface area contributed by atoms with E-state index in [1.807, 2.05) is 32.0 Å². The summed E-state index contributed by atoms with van der Waals surface area (Å²) in [5, 5.41) is 11.5. The van der Waals surface area contributed by atoms with Gasteiger partial charge in [0.05, 0.1) is 7.11 Å². The number of methoxy groups -OCH3 is 1. The zero-order chi connectivity index (χ0) is 14.9. The van der Waals surface area contributed by atoms with Crippen molar-refractivity contribution in [3.05, 3.63) is 63.7 Å². The van der Waals surface area contributed by atoms with E-state index in [2.05, 4.69) is 0 Å². The van der Waals surface area contributed by atoms with Crippen LogP contribution in [0.5, 0.6) is 5.75 Å². The molecular formula is C17H19ClO2. The van der Waals surface area contributed by atoms with E-state index in [1.165, 1.54) is 5.56 Å². The van der Waals surface area contributed by atoms with Crippen molar-refractivity contribution in [1.29, 1.82) is 0 Å². The van der Waals surface area contributed by atoms with Gasteiger partial charge in [0.15, 0.2) is 0 Å². The number of benzene rings is 2. The predicted molar refractivity (Wildman–Crippen MR) is 82.6 cm³/mol. The van der Waals surface area contributed by atoms with E-state index in [4.69, 9.17) is 16.3 Å². The number of aryl methyl sites for hydroxylation is 2. The fourth-order valence-electron chi connectivity index (χ4n) is 2.26. The molecule has 0 saturated heterocycles. The van der Waals surface area contributed by atoms with Crippen LogP contribution in [0.15, 0.2) is 36.4 Å². The first-order valence-corrected chi connectivity index (χ1v) is 6.88.